The molecule has 150 valence electrons. The molecule has 2 heterocycles. The van der Waals surface area contributed by atoms with E-state index in [-0.39, 0.29) is 22.6 Å². The van der Waals surface area contributed by atoms with Gasteiger partial charge in [-0.3, -0.25) is 0 Å². The number of hydrogen-bond acceptors (Lipinski definition) is 5. The summed E-state index contributed by atoms with van der Waals surface area (Å²) in [7, 11) is 1.71. The van der Waals surface area contributed by atoms with E-state index >= 15 is 0 Å². The lowest BCUT2D eigenvalue weighted by molar-refractivity contribution is -0.335. The molecule has 1 N–H and O–H groups in total. The van der Waals surface area contributed by atoms with Gasteiger partial charge >= 0.3 is 0 Å². The van der Waals surface area contributed by atoms with Crippen molar-refractivity contribution in [3.63, 3.8) is 0 Å². The molecule has 0 aromatic rings. The molecule has 26 heavy (non-hydrogen) atoms. The summed E-state index contributed by atoms with van der Waals surface area (Å²) in [6, 6.07) is 0. The Morgan fingerprint density at radius 2 is 1.92 bits per heavy atom. The fourth-order valence-electron chi connectivity index (χ4n) is 4.55. The van der Waals surface area contributed by atoms with Crippen molar-refractivity contribution in [3.8, 4) is 0 Å². The highest BCUT2D eigenvalue weighted by molar-refractivity contribution is 5.28. The van der Waals surface area contributed by atoms with E-state index < -0.39 is 5.79 Å². The second-order valence-electron chi connectivity index (χ2n) is 9.45. The van der Waals surface area contributed by atoms with Crippen molar-refractivity contribution in [1.82, 2.24) is 5.32 Å². The summed E-state index contributed by atoms with van der Waals surface area (Å²) < 4.78 is 24.2. The Kier molecular flexibility index (Phi) is 5.59. The van der Waals surface area contributed by atoms with Gasteiger partial charge in [0.25, 0.3) is 0 Å². The first kappa shape index (κ1) is 20.3. The van der Waals surface area contributed by atoms with Crippen LogP contribution in [0, 0.1) is 11.3 Å². The molecular weight excluding hydrogens is 330 g/mol. The van der Waals surface area contributed by atoms with Gasteiger partial charge in [0.1, 0.15) is 0 Å². The van der Waals surface area contributed by atoms with E-state index in [0.717, 1.165) is 19.3 Å². The molecule has 3 aliphatic rings. The maximum absolute atomic E-state index is 6.50. The van der Waals surface area contributed by atoms with E-state index in [1.807, 2.05) is 6.92 Å². The minimum atomic E-state index is -0.494. The fraction of sp³-hybridized carbons (Fsp3) is 0.905. The number of ether oxygens (including phenoxy) is 4. The first-order valence-electron chi connectivity index (χ1n) is 10.0. The van der Waals surface area contributed by atoms with Gasteiger partial charge < -0.3 is 24.3 Å². The molecule has 3 unspecified atom stereocenters. The molecule has 0 saturated carbocycles. The van der Waals surface area contributed by atoms with E-state index in [4.69, 9.17) is 18.9 Å². The van der Waals surface area contributed by atoms with Crippen molar-refractivity contribution >= 4 is 0 Å². The van der Waals surface area contributed by atoms with Crippen LogP contribution in [-0.2, 0) is 18.9 Å². The molecule has 0 aromatic heterocycles. The van der Waals surface area contributed by atoms with Crippen LogP contribution < -0.4 is 5.32 Å². The van der Waals surface area contributed by atoms with Crippen molar-refractivity contribution in [2.45, 2.75) is 76.9 Å². The van der Waals surface area contributed by atoms with Crippen molar-refractivity contribution in [2.24, 2.45) is 11.3 Å². The molecule has 5 heteroatoms. The molecule has 1 aliphatic carbocycles. The van der Waals surface area contributed by atoms with Crippen LogP contribution in [0.25, 0.3) is 0 Å². The molecule has 2 fully saturated rings. The summed E-state index contributed by atoms with van der Waals surface area (Å²) in [6.07, 6.45) is 7.40. The zero-order valence-corrected chi connectivity index (χ0v) is 17.4. The van der Waals surface area contributed by atoms with E-state index in [2.05, 4.69) is 45.2 Å². The summed E-state index contributed by atoms with van der Waals surface area (Å²) in [5, 5.41) is 3.83. The highest BCUT2D eigenvalue weighted by Gasteiger charge is 2.58. The van der Waals surface area contributed by atoms with Crippen LogP contribution in [0.4, 0.5) is 0 Å². The number of methoxy groups -OCH3 is 1. The summed E-state index contributed by atoms with van der Waals surface area (Å²) in [4.78, 5) is 0. The SMILES string of the molecule is CCC1(COCC(C)OC)COC2(CC(C)(C)NC3(C=CC3C)C2)OC1. The number of rotatable bonds is 6. The second kappa shape index (κ2) is 7.17. The lowest BCUT2D eigenvalue weighted by atomic mass is 9.65. The van der Waals surface area contributed by atoms with Crippen molar-refractivity contribution < 1.29 is 18.9 Å². The van der Waals surface area contributed by atoms with Crippen molar-refractivity contribution in [2.75, 3.05) is 33.5 Å². The fourth-order valence-corrected chi connectivity index (χ4v) is 4.55. The zero-order chi connectivity index (χ0) is 19.1. The van der Waals surface area contributed by atoms with Gasteiger partial charge in [0.2, 0.25) is 0 Å². The lowest BCUT2D eigenvalue weighted by Crippen LogP contribution is -2.71. The first-order valence-corrected chi connectivity index (χ1v) is 10.0. The molecule has 3 atom stereocenters. The maximum atomic E-state index is 6.50. The Morgan fingerprint density at radius 3 is 2.42 bits per heavy atom. The molecule has 2 spiro atoms. The summed E-state index contributed by atoms with van der Waals surface area (Å²) in [6.45, 7) is 13.6. The standard InChI is InChI=1S/C21H37NO4/c1-7-19(13-24-10-17(3)23-6)14-25-21(26-15-19)11-18(4,5)22-20(12-21)9-8-16(20)2/h8-9,16-17,22H,7,10-15H2,1-6H3. The average molecular weight is 368 g/mol. The largest absolute Gasteiger partial charge is 0.379 e. The van der Waals surface area contributed by atoms with E-state index in [0.29, 0.717) is 32.3 Å². The minimum absolute atomic E-state index is 0.00163. The Hall–Kier alpha value is -0.460. The molecule has 0 radical (unpaired) electrons. The quantitative estimate of drug-likeness (QED) is 0.730. The van der Waals surface area contributed by atoms with Crippen LogP contribution in [0.15, 0.2) is 12.2 Å². The highest BCUT2D eigenvalue weighted by Crippen LogP contribution is 2.49. The van der Waals surface area contributed by atoms with Gasteiger partial charge in [-0.15, -0.1) is 0 Å². The predicted molar refractivity (Wildman–Crippen MR) is 102 cm³/mol. The van der Waals surface area contributed by atoms with E-state index in [1.54, 1.807) is 7.11 Å². The first-order chi connectivity index (χ1) is 12.2. The highest BCUT2D eigenvalue weighted by atomic mass is 16.7. The monoisotopic (exact) mass is 367 g/mol. The van der Waals surface area contributed by atoms with Gasteiger partial charge in [-0.05, 0) is 33.1 Å². The molecule has 0 aromatic carbocycles. The van der Waals surface area contributed by atoms with Gasteiger partial charge in [0.05, 0.1) is 32.5 Å². The van der Waals surface area contributed by atoms with Gasteiger partial charge in [0, 0.05) is 36.4 Å². The predicted octanol–water partition coefficient (Wildman–Crippen LogP) is 3.28. The topological polar surface area (TPSA) is 49.0 Å². The number of piperidine rings is 1. The minimum Gasteiger partial charge on any atom is -0.379 e. The van der Waals surface area contributed by atoms with Gasteiger partial charge in [-0.25, -0.2) is 0 Å². The zero-order valence-electron chi connectivity index (χ0n) is 17.4. The van der Waals surface area contributed by atoms with Crippen molar-refractivity contribution in [1.29, 1.82) is 0 Å². The van der Waals surface area contributed by atoms with Crippen LogP contribution in [0.5, 0.6) is 0 Å². The van der Waals surface area contributed by atoms with Crippen molar-refractivity contribution in [3.05, 3.63) is 12.2 Å². The third kappa shape index (κ3) is 3.88. The lowest BCUT2D eigenvalue weighted by Gasteiger charge is -2.60. The normalized spacial score (nSPS) is 42.8. The second-order valence-corrected chi connectivity index (χ2v) is 9.45. The molecule has 3 rings (SSSR count). The average Bonchev–Trinajstić information content (AvgIpc) is 2.61. The van der Waals surface area contributed by atoms with Crippen LogP contribution in [0.3, 0.4) is 0 Å². The van der Waals surface area contributed by atoms with E-state index in [9.17, 15) is 0 Å². The smallest absolute Gasteiger partial charge is 0.172 e. The summed E-state index contributed by atoms with van der Waals surface area (Å²) >= 11 is 0. The molecule has 5 nitrogen and oxygen atoms in total. The molecule has 2 aliphatic heterocycles. The summed E-state index contributed by atoms with van der Waals surface area (Å²) in [5.74, 6) is 0.00887. The van der Waals surface area contributed by atoms with Crippen LogP contribution in [-0.4, -0.2) is 56.5 Å². The van der Waals surface area contributed by atoms with Crippen LogP contribution in [0.1, 0.15) is 53.9 Å². The summed E-state index contributed by atoms with van der Waals surface area (Å²) in [5.41, 5.74) is -0.0891. The Bertz CT molecular complexity index is 524. The Balaban J connectivity index is 1.65. The van der Waals surface area contributed by atoms with Crippen LogP contribution >= 0.6 is 0 Å². The Labute approximate surface area is 158 Å². The van der Waals surface area contributed by atoms with E-state index in [1.165, 1.54) is 0 Å². The third-order valence-electron chi connectivity index (χ3n) is 6.54. The maximum Gasteiger partial charge on any atom is 0.172 e. The van der Waals surface area contributed by atoms with Crippen LogP contribution in [0.2, 0.25) is 0 Å². The third-order valence-corrected chi connectivity index (χ3v) is 6.54. The molecule has 2 saturated heterocycles. The van der Waals surface area contributed by atoms with Gasteiger partial charge in [0.15, 0.2) is 5.79 Å². The Morgan fingerprint density at radius 1 is 1.23 bits per heavy atom. The van der Waals surface area contributed by atoms with Gasteiger partial charge in [-0.2, -0.15) is 0 Å². The molecular formula is C21H37NO4. The number of hydrogen-bond donors (Lipinski definition) is 1. The number of nitrogens with one attached hydrogen (secondary N) is 1. The molecule has 0 amide bonds. The molecule has 0 bridgehead atoms. The van der Waals surface area contributed by atoms with Gasteiger partial charge in [-0.1, -0.05) is 26.0 Å².